The summed E-state index contributed by atoms with van der Waals surface area (Å²) in [5, 5.41) is 0. The summed E-state index contributed by atoms with van der Waals surface area (Å²) in [6, 6.07) is 3.79. The molecule has 1 nitrogen and oxygen atoms in total. The SMILES string of the molecule is CC.Cc1c[c-]ncc1.[Rb+]. The molecule has 0 aromatic carbocycles. The number of hydrogen-bond donors (Lipinski definition) is 0. The van der Waals surface area contributed by atoms with Crippen LogP contribution in [0.3, 0.4) is 0 Å². The van der Waals surface area contributed by atoms with Gasteiger partial charge >= 0.3 is 58.2 Å². The van der Waals surface area contributed by atoms with Crippen molar-refractivity contribution in [2.24, 2.45) is 0 Å². The normalized spacial score (nSPS) is 6.70. The van der Waals surface area contributed by atoms with E-state index < -0.39 is 0 Å². The molecule has 0 bridgehead atoms. The van der Waals surface area contributed by atoms with Crippen molar-refractivity contribution in [2.45, 2.75) is 20.8 Å². The van der Waals surface area contributed by atoms with Gasteiger partial charge in [-0.1, -0.05) is 33.2 Å². The molecule has 0 amide bonds. The molecule has 0 aliphatic carbocycles. The first-order valence-electron chi connectivity index (χ1n) is 3.18. The van der Waals surface area contributed by atoms with Gasteiger partial charge < -0.3 is 4.98 Å². The third-order valence-corrected chi connectivity index (χ3v) is 0.779. The van der Waals surface area contributed by atoms with Crippen LogP contribution in [0.5, 0.6) is 0 Å². The van der Waals surface area contributed by atoms with Gasteiger partial charge in [0.15, 0.2) is 0 Å². The first kappa shape index (κ1) is 13.5. The summed E-state index contributed by atoms with van der Waals surface area (Å²) >= 11 is 0. The van der Waals surface area contributed by atoms with Gasteiger partial charge in [0, 0.05) is 0 Å². The van der Waals surface area contributed by atoms with Crippen LogP contribution in [0.4, 0.5) is 0 Å². The van der Waals surface area contributed by atoms with E-state index in [2.05, 4.69) is 11.2 Å². The largest absolute Gasteiger partial charge is 1.00 e. The molecule has 0 saturated heterocycles. The van der Waals surface area contributed by atoms with Gasteiger partial charge in [0.05, 0.1) is 0 Å². The Labute approximate surface area is 112 Å². The number of nitrogens with zero attached hydrogens (tertiary/aromatic N) is 1. The van der Waals surface area contributed by atoms with Gasteiger partial charge in [0.1, 0.15) is 0 Å². The molecule has 2 heteroatoms. The van der Waals surface area contributed by atoms with E-state index in [1.165, 1.54) is 5.56 Å². The van der Waals surface area contributed by atoms with Crippen molar-refractivity contribution >= 4 is 0 Å². The molecule has 50 valence electrons. The van der Waals surface area contributed by atoms with Gasteiger partial charge in [-0.2, -0.15) is 17.7 Å². The minimum atomic E-state index is 0. The van der Waals surface area contributed by atoms with Crippen molar-refractivity contribution in [3.05, 3.63) is 30.1 Å². The van der Waals surface area contributed by atoms with Crippen molar-refractivity contribution in [3.8, 4) is 0 Å². The number of aryl methyl sites for hydroxylation is 1. The second-order valence-corrected chi connectivity index (χ2v) is 1.46. The maximum atomic E-state index is 3.72. The van der Waals surface area contributed by atoms with Crippen molar-refractivity contribution in [3.63, 3.8) is 0 Å². The first-order chi connectivity index (χ1) is 4.39. The monoisotopic (exact) mass is 207 g/mol. The molecular weight excluding hydrogens is 196 g/mol. The number of pyridine rings is 1. The van der Waals surface area contributed by atoms with Crippen LogP contribution in [-0.4, -0.2) is 4.98 Å². The molecule has 0 radical (unpaired) electrons. The van der Waals surface area contributed by atoms with Gasteiger partial charge in [0.2, 0.25) is 0 Å². The van der Waals surface area contributed by atoms with Crippen LogP contribution in [0.25, 0.3) is 0 Å². The van der Waals surface area contributed by atoms with E-state index in [1.807, 2.05) is 32.9 Å². The fourth-order valence-electron chi connectivity index (χ4n) is 0.385. The Balaban J connectivity index is 0. The Morgan fingerprint density at radius 2 is 2.00 bits per heavy atom. The van der Waals surface area contributed by atoms with Gasteiger partial charge in [-0.25, -0.2) is 0 Å². The molecule has 0 aliphatic heterocycles. The smallest absolute Gasteiger partial charge is 0.394 e. The Bertz CT molecular complexity index is 139. The molecule has 0 unspecified atom stereocenters. The second-order valence-electron chi connectivity index (χ2n) is 1.46. The molecule has 0 aliphatic rings. The summed E-state index contributed by atoms with van der Waals surface area (Å²) in [7, 11) is 0. The van der Waals surface area contributed by atoms with Crippen molar-refractivity contribution in [2.75, 3.05) is 0 Å². The maximum absolute atomic E-state index is 3.72. The molecule has 1 rings (SSSR count). The van der Waals surface area contributed by atoms with E-state index in [9.17, 15) is 0 Å². The Morgan fingerprint density at radius 1 is 1.40 bits per heavy atom. The predicted octanol–water partition coefficient (Wildman–Crippen LogP) is -0.780. The van der Waals surface area contributed by atoms with Crippen LogP contribution >= 0.6 is 0 Å². The van der Waals surface area contributed by atoms with Crippen LogP contribution in [0.1, 0.15) is 19.4 Å². The first-order valence-corrected chi connectivity index (χ1v) is 3.18. The van der Waals surface area contributed by atoms with E-state index in [-0.39, 0.29) is 58.2 Å². The molecule has 0 fully saturated rings. The second kappa shape index (κ2) is 9.96. The Hall–Kier alpha value is 0.955. The zero-order valence-corrected chi connectivity index (χ0v) is 12.1. The predicted molar refractivity (Wildman–Crippen MR) is 39.2 cm³/mol. The summed E-state index contributed by atoms with van der Waals surface area (Å²) in [5.74, 6) is 0. The molecule has 0 spiro atoms. The molecule has 0 N–H and O–H groups in total. The third kappa shape index (κ3) is 7.07. The fraction of sp³-hybridized carbons (Fsp3) is 0.375. The van der Waals surface area contributed by atoms with Crippen molar-refractivity contribution < 1.29 is 58.2 Å². The maximum Gasteiger partial charge on any atom is 1.00 e. The molecule has 0 saturated carbocycles. The van der Waals surface area contributed by atoms with Gasteiger partial charge in [-0.15, -0.1) is 0 Å². The minimum Gasteiger partial charge on any atom is -0.394 e. The van der Waals surface area contributed by atoms with Gasteiger partial charge in [-0.05, 0) is 0 Å². The van der Waals surface area contributed by atoms with Crippen LogP contribution < -0.4 is 58.2 Å². The summed E-state index contributed by atoms with van der Waals surface area (Å²) < 4.78 is 0. The van der Waals surface area contributed by atoms with Gasteiger partial charge in [-0.3, -0.25) is 0 Å². The van der Waals surface area contributed by atoms with Crippen molar-refractivity contribution in [1.29, 1.82) is 0 Å². The summed E-state index contributed by atoms with van der Waals surface area (Å²) in [6.45, 7) is 6.01. The zero-order valence-electron chi connectivity index (χ0n) is 7.18. The average Bonchev–Trinajstić information content (AvgIpc) is 1.94. The number of aromatic nitrogens is 1. The zero-order chi connectivity index (χ0) is 7.11. The van der Waals surface area contributed by atoms with E-state index >= 15 is 0 Å². The number of rotatable bonds is 0. The molecule has 10 heavy (non-hydrogen) atoms. The molecule has 0 atom stereocenters. The van der Waals surface area contributed by atoms with E-state index in [0.29, 0.717) is 0 Å². The van der Waals surface area contributed by atoms with E-state index in [4.69, 9.17) is 0 Å². The van der Waals surface area contributed by atoms with Gasteiger partial charge in [0.25, 0.3) is 0 Å². The fourth-order valence-corrected chi connectivity index (χ4v) is 0.385. The van der Waals surface area contributed by atoms with E-state index in [1.54, 1.807) is 6.20 Å². The summed E-state index contributed by atoms with van der Waals surface area (Å²) in [4.78, 5) is 3.72. The van der Waals surface area contributed by atoms with Crippen LogP contribution in [0, 0.1) is 13.1 Å². The average molecular weight is 208 g/mol. The number of hydrogen-bond acceptors (Lipinski definition) is 1. The minimum absolute atomic E-state index is 0. The quantitative estimate of drug-likeness (QED) is 0.509. The Kier molecular flexibility index (Phi) is 13.5. The van der Waals surface area contributed by atoms with E-state index in [0.717, 1.165) is 0 Å². The molecular formula is C8H12NRb. The van der Waals surface area contributed by atoms with Crippen molar-refractivity contribution in [1.82, 2.24) is 4.98 Å². The summed E-state index contributed by atoms with van der Waals surface area (Å²) in [5.41, 5.74) is 1.20. The Morgan fingerprint density at radius 3 is 2.20 bits per heavy atom. The van der Waals surface area contributed by atoms with Crippen LogP contribution in [0.2, 0.25) is 0 Å². The standard InChI is InChI=1S/C6H6N.C2H6.Rb/c1-6-2-4-7-5-3-6;1-2;/h2-4H,1H3;1-2H3;/q-1;;+1. The topological polar surface area (TPSA) is 12.9 Å². The summed E-state index contributed by atoms with van der Waals surface area (Å²) in [6.07, 6.45) is 4.44. The molecule has 1 aromatic heterocycles. The van der Waals surface area contributed by atoms with Crippen LogP contribution in [-0.2, 0) is 0 Å². The molecule has 1 aromatic rings. The molecule has 1 heterocycles. The third-order valence-electron chi connectivity index (χ3n) is 0.779. The van der Waals surface area contributed by atoms with Crippen LogP contribution in [0.15, 0.2) is 18.3 Å².